The lowest BCUT2D eigenvalue weighted by Gasteiger charge is -2.15. The Labute approximate surface area is 92.3 Å². The highest BCUT2D eigenvalue weighted by Crippen LogP contribution is 2.32. The van der Waals surface area contributed by atoms with Gasteiger partial charge >= 0.3 is 12.0 Å². The van der Waals surface area contributed by atoms with Crippen molar-refractivity contribution in [2.45, 2.75) is 30.2 Å². The van der Waals surface area contributed by atoms with Crippen LogP contribution in [-0.2, 0) is 9.53 Å². The smallest absolute Gasteiger partial charge is 0.315 e. The molecule has 0 aromatic rings. The van der Waals surface area contributed by atoms with Gasteiger partial charge in [-0.1, -0.05) is 0 Å². The van der Waals surface area contributed by atoms with Crippen LogP contribution in [0.15, 0.2) is 0 Å². The standard InChI is InChI=1S/C9H14N2O3S/c1-14-7(12)3-2-6-8-5(4-15-6)10-9(13)11-8/h5-6,8H,2-4H2,1H3,(H2,10,11,13). The maximum atomic E-state index is 11.1. The number of urea groups is 1. The fourth-order valence-corrected chi connectivity index (χ4v) is 3.50. The molecule has 5 nitrogen and oxygen atoms in total. The van der Waals surface area contributed by atoms with Crippen molar-refractivity contribution in [3.8, 4) is 0 Å². The zero-order valence-corrected chi connectivity index (χ0v) is 9.30. The van der Waals surface area contributed by atoms with Crippen molar-refractivity contribution in [1.29, 1.82) is 0 Å². The summed E-state index contributed by atoms with van der Waals surface area (Å²) in [6, 6.07) is 0.311. The number of nitrogens with one attached hydrogen (secondary N) is 2. The highest BCUT2D eigenvalue weighted by atomic mass is 32.2. The molecule has 2 aliphatic rings. The van der Waals surface area contributed by atoms with Crippen molar-refractivity contribution in [2.24, 2.45) is 0 Å². The van der Waals surface area contributed by atoms with Crippen molar-refractivity contribution >= 4 is 23.8 Å². The quantitative estimate of drug-likeness (QED) is 0.533. The Morgan fingerprint density at radius 1 is 1.60 bits per heavy atom. The van der Waals surface area contributed by atoms with E-state index >= 15 is 0 Å². The fourth-order valence-electron chi connectivity index (χ4n) is 2.01. The van der Waals surface area contributed by atoms with Crippen LogP contribution in [0.25, 0.3) is 0 Å². The minimum atomic E-state index is -0.184. The molecule has 3 atom stereocenters. The Bertz CT molecular complexity index is 285. The van der Waals surface area contributed by atoms with Gasteiger partial charge in [0, 0.05) is 17.4 Å². The first-order valence-electron chi connectivity index (χ1n) is 4.96. The first-order valence-corrected chi connectivity index (χ1v) is 6.01. The summed E-state index contributed by atoms with van der Waals surface area (Å²) in [5.41, 5.74) is 0. The molecular formula is C9H14N2O3S. The summed E-state index contributed by atoms with van der Waals surface area (Å²) in [6.07, 6.45) is 1.19. The minimum Gasteiger partial charge on any atom is -0.469 e. The fraction of sp³-hybridized carbons (Fsp3) is 0.778. The van der Waals surface area contributed by atoms with Gasteiger partial charge in [-0.15, -0.1) is 0 Å². The van der Waals surface area contributed by atoms with Crippen LogP contribution >= 0.6 is 11.8 Å². The summed E-state index contributed by atoms with van der Waals surface area (Å²) in [5.74, 6) is 0.742. The number of methoxy groups -OCH3 is 1. The van der Waals surface area contributed by atoms with Gasteiger partial charge in [0.05, 0.1) is 19.2 Å². The van der Waals surface area contributed by atoms with Crippen LogP contribution in [0, 0.1) is 0 Å². The van der Waals surface area contributed by atoms with Crippen molar-refractivity contribution in [3.05, 3.63) is 0 Å². The van der Waals surface area contributed by atoms with Crippen LogP contribution < -0.4 is 10.6 Å². The van der Waals surface area contributed by atoms with Gasteiger partial charge in [-0.05, 0) is 6.42 Å². The number of hydrogen-bond donors (Lipinski definition) is 2. The number of carbonyl (C=O) groups excluding carboxylic acids is 2. The number of rotatable bonds is 3. The summed E-state index contributed by atoms with van der Waals surface area (Å²) >= 11 is 1.80. The molecule has 15 heavy (non-hydrogen) atoms. The molecule has 0 radical (unpaired) electrons. The summed E-state index contributed by atoms with van der Waals surface area (Å²) in [5, 5.41) is 6.07. The van der Waals surface area contributed by atoms with Crippen molar-refractivity contribution < 1.29 is 14.3 Å². The average Bonchev–Trinajstić information content (AvgIpc) is 2.73. The third kappa shape index (κ3) is 2.19. The van der Waals surface area contributed by atoms with Gasteiger partial charge < -0.3 is 15.4 Å². The number of thioether (sulfide) groups is 1. The van der Waals surface area contributed by atoms with Crippen LogP contribution in [0.5, 0.6) is 0 Å². The van der Waals surface area contributed by atoms with E-state index in [0.29, 0.717) is 11.7 Å². The number of esters is 1. The lowest BCUT2D eigenvalue weighted by atomic mass is 10.0. The number of fused-ring (bicyclic) bond motifs is 1. The molecule has 6 heteroatoms. The maximum absolute atomic E-state index is 11.1. The minimum absolute atomic E-state index is 0.0895. The predicted octanol–water partition coefficient (Wildman–Crippen LogP) is 0.105. The molecule has 0 spiro atoms. The zero-order valence-electron chi connectivity index (χ0n) is 8.49. The second-order valence-corrected chi connectivity index (χ2v) is 5.01. The predicted molar refractivity (Wildman–Crippen MR) is 56.7 cm³/mol. The normalized spacial score (nSPS) is 33.1. The number of ether oxygens (including phenoxy) is 1. The summed E-state index contributed by atoms with van der Waals surface area (Å²) < 4.78 is 4.59. The first kappa shape index (κ1) is 10.6. The van der Waals surface area contributed by atoms with E-state index in [1.54, 1.807) is 11.8 Å². The van der Waals surface area contributed by atoms with E-state index < -0.39 is 0 Å². The van der Waals surface area contributed by atoms with E-state index in [9.17, 15) is 9.59 Å². The van der Waals surface area contributed by atoms with Crippen LogP contribution in [0.1, 0.15) is 12.8 Å². The molecule has 2 amide bonds. The second-order valence-electron chi connectivity index (χ2n) is 3.74. The van der Waals surface area contributed by atoms with Crippen LogP contribution in [0.3, 0.4) is 0 Å². The molecule has 0 bridgehead atoms. The Kier molecular flexibility index (Phi) is 3.04. The van der Waals surface area contributed by atoms with Crippen LogP contribution in [0.2, 0.25) is 0 Å². The van der Waals surface area contributed by atoms with Crippen molar-refractivity contribution in [3.63, 3.8) is 0 Å². The van der Waals surface area contributed by atoms with E-state index in [1.165, 1.54) is 7.11 Å². The average molecular weight is 230 g/mol. The monoisotopic (exact) mass is 230 g/mol. The molecule has 0 saturated carbocycles. The third-order valence-electron chi connectivity index (χ3n) is 2.80. The molecule has 2 saturated heterocycles. The molecule has 0 aromatic heterocycles. The Morgan fingerprint density at radius 2 is 2.40 bits per heavy atom. The van der Waals surface area contributed by atoms with E-state index in [0.717, 1.165) is 12.2 Å². The summed E-state index contributed by atoms with van der Waals surface area (Å²) in [4.78, 5) is 22.1. The van der Waals surface area contributed by atoms with Crippen LogP contribution in [-0.4, -0.2) is 42.2 Å². The summed E-state index contributed by atoms with van der Waals surface area (Å²) in [6.45, 7) is 0. The molecule has 2 N–H and O–H groups in total. The molecule has 2 fully saturated rings. The molecular weight excluding hydrogens is 216 g/mol. The number of hydrogen-bond acceptors (Lipinski definition) is 4. The van der Waals surface area contributed by atoms with Gasteiger partial charge in [-0.2, -0.15) is 11.8 Å². The first-order chi connectivity index (χ1) is 7.20. The molecule has 0 aliphatic carbocycles. The largest absolute Gasteiger partial charge is 0.469 e. The second kappa shape index (κ2) is 4.30. The van der Waals surface area contributed by atoms with Gasteiger partial charge in [0.1, 0.15) is 0 Å². The van der Waals surface area contributed by atoms with E-state index in [-0.39, 0.29) is 24.1 Å². The zero-order chi connectivity index (χ0) is 10.8. The van der Waals surface area contributed by atoms with E-state index in [1.807, 2.05) is 0 Å². The highest BCUT2D eigenvalue weighted by molar-refractivity contribution is 8.00. The third-order valence-corrected chi connectivity index (χ3v) is 4.31. The number of amides is 2. The van der Waals surface area contributed by atoms with Gasteiger partial charge in [-0.3, -0.25) is 4.79 Å². The van der Waals surface area contributed by atoms with E-state index in [4.69, 9.17) is 0 Å². The summed E-state index contributed by atoms with van der Waals surface area (Å²) in [7, 11) is 1.39. The topological polar surface area (TPSA) is 67.4 Å². The Hall–Kier alpha value is -0.910. The lowest BCUT2D eigenvalue weighted by Crippen LogP contribution is -2.37. The van der Waals surface area contributed by atoms with Crippen molar-refractivity contribution in [2.75, 3.05) is 12.9 Å². The lowest BCUT2D eigenvalue weighted by molar-refractivity contribution is -0.140. The van der Waals surface area contributed by atoms with Gasteiger partial charge in [-0.25, -0.2) is 4.79 Å². The SMILES string of the molecule is COC(=O)CCC1SCC2NC(=O)NC21. The Morgan fingerprint density at radius 3 is 3.13 bits per heavy atom. The molecule has 2 rings (SSSR count). The highest BCUT2D eigenvalue weighted by Gasteiger charge is 2.42. The van der Waals surface area contributed by atoms with Crippen LogP contribution in [0.4, 0.5) is 4.79 Å². The van der Waals surface area contributed by atoms with Crippen molar-refractivity contribution in [1.82, 2.24) is 10.6 Å². The molecule has 3 unspecified atom stereocenters. The maximum Gasteiger partial charge on any atom is 0.315 e. The Balaban J connectivity index is 1.84. The molecule has 0 aromatic carbocycles. The molecule has 84 valence electrons. The molecule has 2 heterocycles. The molecule has 2 aliphatic heterocycles. The van der Waals surface area contributed by atoms with E-state index in [2.05, 4.69) is 15.4 Å². The van der Waals surface area contributed by atoms with Gasteiger partial charge in [0.2, 0.25) is 0 Å². The number of carbonyl (C=O) groups is 2. The van der Waals surface area contributed by atoms with Gasteiger partial charge in [0.15, 0.2) is 0 Å². The van der Waals surface area contributed by atoms with Gasteiger partial charge in [0.25, 0.3) is 0 Å².